The molecule has 1 N–H and O–H groups in total. The molecular formula is C25H26N4O2S2. The molecule has 1 aromatic carbocycles. The van der Waals surface area contributed by atoms with Gasteiger partial charge >= 0.3 is 0 Å². The summed E-state index contributed by atoms with van der Waals surface area (Å²) in [4.78, 5) is 42.2. The number of hydrogen-bond acceptors (Lipinski definition) is 6. The fraction of sp³-hybridized carbons (Fsp3) is 0.440. The van der Waals surface area contributed by atoms with Crippen LogP contribution in [0.2, 0.25) is 0 Å². The number of hydrogen-bond donors (Lipinski definition) is 1. The number of likely N-dealkylation sites (tertiary alicyclic amines) is 1. The summed E-state index contributed by atoms with van der Waals surface area (Å²) < 4.78 is 1.23. The van der Waals surface area contributed by atoms with Crippen LogP contribution < -0.4 is 5.56 Å². The Bertz CT molecular complexity index is 1360. The molecule has 6 nitrogen and oxygen atoms in total. The number of fused-ring (bicyclic) bond motifs is 4. The fourth-order valence-electron chi connectivity index (χ4n) is 5.15. The van der Waals surface area contributed by atoms with E-state index in [1.807, 2.05) is 11.0 Å². The maximum absolute atomic E-state index is 12.9. The minimum Gasteiger partial charge on any atom is -0.343 e. The largest absolute Gasteiger partial charge is 0.343 e. The van der Waals surface area contributed by atoms with E-state index in [-0.39, 0.29) is 11.5 Å². The van der Waals surface area contributed by atoms with E-state index in [9.17, 15) is 9.59 Å². The zero-order valence-corrected chi connectivity index (χ0v) is 20.1. The number of benzene rings is 1. The first kappa shape index (κ1) is 21.0. The van der Waals surface area contributed by atoms with Crippen molar-refractivity contribution in [1.82, 2.24) is 19.9 Å². The van der Waals surface area contributed by atoms with E-state index in [1.54, 1.807) is 22.7 Å². The third-order valence-corrected chi connectivity index (χ3v) is 9.34. The summed E-state index contributed by atoms with van der Waals surface area (Å²) in [5, 5.41) is 1.97. The van der Waals surface area contributed by atoms with Crippen LogP contribution >= 0.6 is 22.7 Å². The zero-order chi connectivity index (χ0) is 22.4. The molecule has 170 valence electrons. The lowest BCUT2D eigenvalue weighted by Gasteiger charge is -2.31. The van der Waals surface area contributed by atoms with Gasteiger partial charge in [-0.05, 0) is 56.2 Å². The first-order valence-corrected chi connectivity index (χ1v) is 13.5. The number of thiophene rings is 1. The van der Waals surface area contributed by atoms with Gasteiger partial charge < -0.3 is 9.88 Å². The molecule has 0 radical (unpaired) electrons. The Morgan fingerprint density at radius 2 is 1.91 bits per heavy atom. The quantitative estimate of drug-likeness (QED) is 0.456. The van der Waals surface area contributed by atoms with E-state index < -0.39 is 0 Å². The van der Waals surface area contributed by atoms with Crippen molar-refractivity contribution in [1.29, 1.82) is 0 Å². The van der Waals surface area contributed by atoms with Crippen molar-refractivity contribution in [2.75, 3.05) is 13.1 Å². The second-order valence-electron chi connectivity index (χ2n) is 9.08. The Morgan fingerprint density at radius 3 is 2.76 bits per heavy atom. The Hall–Kier alpha value is -2.58. The van der Waals surface area contributed by atoms with E-state index in [2.05, 4.69) is 23.2 Å². The highest BCUT2D eigenvalue weighted by molar-refractivity contribution is 7.19. The average Bonchev–Trinajstić information content (AvgIpc) is 3.44. The second kappa shape index (κ2) is 8.65. The lowest BCUT2D eigenvalue weighted by Crippen LogP contribution is -2.38. The predicted octanol–water partition coefficient (Wildman–Crippen LogP) is 4.81. The van der Waals surface area contributed by atoms with Crippen LogP contribution in [0.5, 0.6) is 0 Å². The topological polar surface area (TPSA) is 79.0 Å². The summed E-state index contributed by atoms with van der Waals surface area (Å²) in [6.45, 7) is 1.53. The molecule has 6 rings (SSSR count). The molecule has 0 saturated carbocycles. The molecule has 1 amide bonds. The number of carbonyl (C=O) groups excluding carboxylic acids is 1. The number of nitrogens with zero attached hydrogens (tertiary/aromatic N) is 3. The smallest absolute Gasteiger partial charge is 0.259 e. The number of thiazole rings is 1. The van der Waals surface area contributed by atoms with E-state index >= 15 is 0 Å². The first-order valence-electron chi connectivity index (χ1n) is 11.8. The standard InChI is InChI=1S/C25H26N4O2S2/c30-21(29-13-11-15(12-14-29)24-26-17-6-2-4-8-19(17)33-24)10-9-20-27-23(31)22-16-5-1-3-7-18(16)32-25(22)28-20/h2,4,6,8,15H,1,3,5,7,9-14H2,(H,27,28,31). The SMILES string of the molecule is O=C(CCc1nc2sc3c(c2c(=O)[nH]1)CCCC3)N1CCC(c2nc3ccccc3s2)CC1. The van der Waals surface area contributed by atoms with Crippen molar-refractivity contribution in [2.45, 2.75) is 57.3 Å². The summed E-state index contributed by atoms with van der Waals surface area (Å²) in [5.74, 6) is 1.20. The summed E-state index contributed by atoms with van der Waals surface area (Å²) in [7, 11) is 0. The van der Waals surface area contributed by atoms with Crippen molar-refractivity contribution in [3.8, 4) is 0 Å². The summed E-state index contributed by atoms with van der Waals surface area (Å²) in [6, 6.07) is 8.27. The Labute approximate surface area is 199 Å². The predicted molar refractivity (Wildman–Crippen MR) is 133 cm³/mol. The summed E-state index contributed by atoms with van der Waals surface area (Å²) in [6.07, 6.45) is 7.12. The van der Waals surface area contributed by atoms with E-state index in [0.29, 0.717) is 24.6 Å². The number of amides is 1. The number of aryl methyl sites for hydroxylation is 3. The molecule has 0 bridgehead atoms. The molecule has 4 heterocycles. The number of nitrogens with one attached hydrogen (secondary N) is 1. The van der Waals surface area contributed by atoms with Crippen LogP contribution in [0.3, 0.4) is 0 Å². The molecule has 3 aromatic heterocycles. The number of piperidine rings is 1. The molecule has 4 aromatic rings. The van der Waals surface area contributed by atoms with Gasteiger partial charge in [0, 0.05) is 36.7 Å². The molecule has 1 aliphatic carbocycles. The summed E-state index contributed by atoms with van der Waals surface area (Å²) in [5.41, 5.74) is 2.23. The van der Waals surface area contributed by atoms with Gasteiger partial charge in [0.25, 0.3) is 5.56 Å². The van der Waals surface area contributed by atoms with Gasteiger partial charge in [-0.3, -0.25) is 9.59 Å². The molecule has 0 spiro atoms. The normalized spacial score (nSPS) is 17.0. The average molecular weight is 479 g/mol. The van der Waals surface area contributed by atoms with Crippen molar-refractivity contribution in [3.05, 3.63) is 55.9 Å². The van der Waals surface area contributed by atoms with Crippen LogP contribution in [0.15, 0.2) is 29.1 Å². The summed E-state index contributed by atoms with van der Waals surface area (Å²) >= 11 is 3.44. The van der Waals surface area contributed by atoms with Crippen LogP contribution in [0.25, 0.3) is 20.4 Å². The van der Waals surface area contributed by atoms with Gasteiger partial charge in [0.05, 0.1) is 20.6 Å². The second-order valence-corrected chi connectivity index (χ2v) is 11.2. The maximum Gasteiger partial charge on any atom is 0.259 e. The van der Waals surface area contributed by atoms with Gasteiger partial charge in [-0.2, -0.15) is 0 Å². The molecular weight excluding hydrogens is 452 g/mol. The van der Waals surface area contributed by atoms with Gasteiger partial charge in [-0.1, -0.05) is 12.1 Å². The molecule has 8 heteroatoms. The minimum atomic E-state index is -0.0431. The van der Waals surface area contributed by atoms with Crippen LogP contribution in [0.1, 0.15) is 59.3 Å². The Balaban J connectivity index is 1.09. The molecule has 2 aliphatic rings. The molecule has 1 fully saturated rings. The molecule has 0 atom stereocenters. The minimum absolute atomic E-state index is 0.0431. The number of carbonyl (C=O) groups is 1. The van der Waals surface area contributed by atoms with Crippen LogP contribution in [-0.4, -0.2) is 38.8 Å². The van der Waals surface area contributed by atoms with Crippen LogP contribution in [0.4, 0.5) is 0 Å². The van der Waals surface area contributed by atoms with Gasteiger partial charge in [0.2, 0.25) is 5.91 Å². The third kappa shape index (κ3) is 3.99. The number of aromatic amines is 1. The molecule has 0 unspecified atom stereocenters. The highest BCUT2D eigenvalue weighted by Gasteiger charge is 2.26. The number of rotatable bonds is 4. The number of H-pyrrole nitrogens is 1. The third-order valence-electron chi connectivity index (χ3n) is 6.96. The van der Waals surface area contributed by atoms with E-state index in [4.69, 9.17) is 9.97 Å². The number of aromatic nitrogens is 3. The Kier molecular flexibility index (Phi) is 5.50. The maximum atomic E-state index is 12.9. The van der Waals surface area contributed by atoms with Crippen LogP contribution in [-0.2, 0) is 24.1 Å². The lowest BCUT2D eigenvalue weighted by atomic mass is 9.97. The van der Waals surface area contributed by atoms with Crippen LogP contribution in [0, 0.1) is 0 Å². The van der Waals surface area contributed by atoms with Gasteiger partial charge in [-0.15, -0.1) is 22.7 Å². The fourth-order valence-corrected chi connectivity index (χ4v) is 7.57. The van der Waals surface area contributed by atoms with Crippen molar-refractivity contribution >= 4 is 49.0 Å². The monoisotopic (exact) mass is 478 g/mol. The molecule has 1 saturated heterocycles. The van der Waals surface area contributed by atoms with E-state index in [1.165, 1.54) is 26.6 Å². The van der Waals surface area contributed by atoms with Gasteiger partial charge in [-0.25, -0.2) is 9.97 Å². The number of para-hydroxylation sites is 1. The van der Waals surface area contributed by atoms with Gasteiger partial charge in [0.1, 0.15) is 10.7 Å². The van der Waals surface area contributed by atoms with Gasteiger partial charge in [0.15, 0.2) is 0 Å². The van der Waals surface area contributed by atoms with Crippen molar-refractivity contribution < 1.29 is 4.79 Å². The zero-order valence-electron chi connectivity index (χ0n) is 18.4. The Morgan fingerprint density at radius 1 is 1.09 bits per heavy atom. The highest BCUT2D eigenvalue weighted by atomic mass is 32.1. The first-order chi connectivity index (χ1) is 16.2. The highest BCUT2D eigenvalue weighted by Crippen LogP contribution is 2.35. The molecule has 33 heavy (non-hydrogen) atoms. The van der Waals surface area contributed by atoms with E-state index in [0.717, 1.165) is 60.9 Å². The molecule has 1 aliphatic heterocycles. The lowest BCUT2D eigenvalue weighted by molar-refractivity contribution is -0.132. The van der Waals surface area contributed by atoms with Crippen molar-refractivity contribution in [2.24, 2.45) is 0 Å². The van der Waals surface area contributed by atoms with Crippen molar-refractivity contribution in [3.63, 3.8) is 0 Å².